The molecule has 0 bridgehead atoms. The molecule has 4 rings (SSSR count). The van der Waals surface area contributed by atoms with Gasteiger partial charge in [0.1, 0.15) is 0 Å². The Morgan fingerprint density at radius 3 is 2.11 bits per heavy atom. The van der Waals surface area contributed by atoms with Gasteiger partial charge in [0.25, 0.3) is 0 Å². The van der Waals surface area contributed by atoms with Crippen molar-refractivity contribution >= 4 is 0 Å². The molecule has 2 saturated carbocycles. The highest BCUT2D eigenvalue weighted by Crippen LogP contribution is 2.44. The van der Waals surface area contributed by atoms with Crippen molar-refractivity contribution in [2.24, 2.45) is 23.7 Å². The summed E-state index contributed by atoms with van der Waals surface area (Å²) in [6.07, 6.45) is 14.8. The monoisotopic (exact) mass is 502 g/mol. The van der Waals surface area contributed by atoms with Crippen LogP contribution in [-0.4, -0.2) is 7.11 Å². The molecule has 0 amide bonds. The van der Waals surface area contributed by atoms with Gasteiger partial charge in [-0.1, -0.05) is 58.6 Å². The normalized spacial score (nSPS) is 27.8. The van der Waals surface area contributed by atoms with E-state index in [4.69, 9.17) is 9.47 Å². The number of methoxy groups -OCH3 is 1. The fraction of sp³-hybridized carbons (Fsp3) is 0.613. The molecule has 1 aliphatic heterocycles. The Kier molecular flexibility index (Phi) is 8.90. The fourth-order valence-electron chi connectivity index (χ4n) is 6.71. The lowest BCUT2D eigenvalue weighted by Gasteiger charge is -2.38. The third-order valence-corrected chi connectivity index (χ3v) is 8.90. The second-order valence-electron chi connectivity index (χ2n) is 11.2. The highest BCUT2D eigenvalue weighted by atomic mass is 19.2. The van der Waals surface area contributed by atoms with Gasteiger partial charge in [0.15, 0.2) is 23.1 Å². The second-order valence-corrected chi connectivity index (χ2v) is 11.2. The molecule has 2 nitrogen and oxygen atoms in total. The van der Waals surface area contributed by atoms with Crippen LogP contribution in [0.1, 0.15) is 88.7 Å². The number of hydrogen-bond acceptors (Lipinski definition) is 2. The smallest absolute Gasteiger partial charge is 0.207 e. The van der Waals surface area contributed by atoms with Gasteiger partial charge in [0.05, 0.1) is 7.11 Å². The Morgan fingerprint density at radius 1 is 0.972 bits per heavy atom. The molecule has 0 unspecified atom stereocenters. The molecular formula is C31H41F3O2. The number of ether oxygens (including phenoxy) is 2. The van der Waals surface area contributed by atoms with Crippen molar-refractivity contribution < 1.29 is 22.6 Å². The minimum absolute atomic E-state index is 0.185. The van der Waals surface area contributed by atoms with Crippen LogP contribution >= 0.6 is 0 Å². The molecule has 1 aromatic carbocycles. The molecular weight excluding hydrogens is 461 g/mol. The van der Waals surface area contributed by atoms with Crippen LogP contribution in [0, 0.1) is 35.3 Å². The summed E-state index contributed by atoms with van der Waals surface area (Å²) in [6, 6.07) is 1.67. The van der Waals surface area contributed by atoms with E-state index in [0.29, 0.717) is 29.0 Å². The van der Waals surface area contributed by atoms with Gasteiger partial charge >= 0.3 is 0 Å². The number of hydrogen-bond donors (Lipinski definition) is 0. The number of halogens is 3. The SMILES string of the molecule is C=C(OC)/C(F)=C1/Oc2c(cc(CCC3CCC(C4CCC(CCC)CC4)CC3)c(F)c2F)CC1=C. The Hall–Kier alpha value is -2.17. The number of rotatable bonds is 8. The van der Waals surface area contributed by atoms with Crippen LogP contribution < -0.4 is 4.74 Å². The summed E-state index contributed by atoms with van der Waals surface area (Å²) in [5, 5.41) is 0. The Labute approximate surface area is 214 Å². The van der Waals surface area contributed by atoms with Crippen LogP contribution in [-0.2, 0) is 17.6 Å². The van der Waals surface area contributed by atoms with Gasteiger partial charge in [-0.2, -0.15) is 8.78 Å². The molecule has 0 N–H and O–H groups in total. The summed E-state index contributed by atoms with van der Waals surface area (Å²) < 4.78 is 54.7. The van der Waals surface area contributed by atoms with Gasteiger partial charge in [-0.05, 0) is 79.4 Å². The van der Waals surface area contributed by atoms with Crippen molar-refractivity contribution in [3.63, 3.8) is 0 Å². The quantitative estimate of drug-likeness (QED) is 0.330. The zero-order chi connectivity index (χ0) is 25.8. The van der Waals surface area contributed by atoms with Crippen LogP contribution in [0.4, 0.5) is 13.2 Å². The van der Waals surface area contributed by atoms with Gasteiger partial charge < -0.3 is 9.47 Å². The Balaban J connectivity index is 1.34. The summed E-state index contributed by atoms with van der Waals surface area (Å²) in [5.41, 5.74) is 1.21. The zero-order valence-corrected chi connectivity index (χ0v) is 21.9. The zero-order valence-electron chi connectivity index (χ0n) is 21.9. The molecule has 2 fully saturated rings. The van der Waals surface area contributed by atoms with Gasteiger partial charge in [0, 0.05) is 12.0 Å². The van der Waals surface area contributed by atoms with E-state index in [1.807, 2.05) is 0 Å². The molecule has 1 aromatic rings. The first kappa shape index (κ1) is 26.9. The largest absolute Gasteiger partial charge is 0.494 e. The number of fused-ring (bicyclic) bond motifs is 1. The first-order valence-electron chi connectivity index (χ1n) is 13.8. The van der Waals surface area contributed by atoms with Crippen molar-refractivity contribution in [3.05, 3.63) is 64.9 Å². The van der Waals surface area contributed by atoms with E-state index in [-0.39, 0.29) is 23.7 Å². The molecule has 0 atom stereocenters. The van der Waals surface area contributed by atoms with E-state index >= 15 is 0 Å². The lowest BCUT2D eigenvalue weighted by molar-refractivity contribution is 0.141. The van der Waals surface area contributed by atoms with Crippen molar-refractivity contribution in [3.8, 4) is 5.75 Å². The predicted octanol–water partition coefficient (Wildman–Crippen LogP) is 9.14. The minimum atomic E-state index is -1.06. The third-order valence-electron chi connectivity index (χ3n) is 8.90. The standard InChI is InChI=1S/C31H41F3O2/c1-5-6-21-7-12-23(13-8-21)24-14-9-22(10-15-24)11-16-25-18-26-17-19(2)30(27(32)20(3)35-4)36-31(26)29(34)28(25)33/h18,21-24H,2-3,5-17H2,1,4H3/b30-27-. The van der Waals surface area contributed by atoms with E-state index in [1.165, 1.54) is 71.3 Å². The molecule has 0 aromatic heterocycles. The van der Waals surface area contributed by atoms with Crippen LogP contribution in [0.25, 0.3) is 0 Å². The fourth-order valence-corrected chi connectivity index (χ4v) is 6.71. The Morgan fingerprint density at radius 2 is 1.56 bits per heavy atom. The molecule has 36 heavy (non-hydrogen) atoms. The molecule has 0 saturated heterocycles. The number of allylic oxidation sites excluding steroid dienone is 2. The Bertz CT molecular complexity index is 996. The summed E-state index contributed by atoms with van der Waals surface area (Å²) in [5.74, 6) is -0.342. The molecule has 5 heteroatoms. The topological polar surface area (TPSA) is 18.5 Å². The minimum Gasteiger partial charge on any atom is -0.494 e. The number of aryl methyl sites for hydroxylation is 1. The third kappa shape index (κ3) is 5.86. The van der Waals surface area contributed by atoms with Crippen LogP contribution in [0.5, 0.6) is 5.75 Å². The maximum absolute atomic E-state index is 15.0. The van der Waals surface area contributed by atoms with Gasteiger partial charge in [-0.25, -0.2) is 4.39 Å². The van der Waals surface area contributed by atoms with Gasteiger partial charge in [0.2, 0.25) is 11.6 Å². The van der Waals surface area contributed by atoms with E-state index in [2.05, 4.69) is 20.1 Å². The second kappa shape index (κ2) is 11.9. The summed E-state index contributed by atoms with van der Waals surface area (Å²) in [6.45, 7) is 9.60. The van der Waals surface area contributed by atoms with Gasteiger partial charge in [-0.3, -0.25) is 0 Å². The first-order valence-corrected chi connectivity index (χ1v) is 13.8. The van der Waals surface area contributed by atoms with Crippen LogP contribution in [0.2, 0.25) is 0 Å². The maximum atomic E-state index is 15.0. The van der Waals surface area contributed by atoms with Crippen molar-refractivity contribution in [2.45, 2.75) is 90.4 Å². The molecule has 0 radical (unpaired) electrons. The first-order chi connectivity index (χ1) is 17.3. The van der Waals surface area contributed by atoms with E-state index < -0.39 is 17.5 Å². The van der Waals surface area contributed by atoms with Crippen molar-refractivity contribution in [1.29, 1.82) is 0 Å². The predicted molar refractivity (Wildman–Crippen MR) is 138 cm³/mol. The lowest BCUT2D eigenvalue weighted by atomic mass is 9.68. The van der Waals surface area contributed by atoms with Crippen LogP contribution in [0.3, 0.4) is 0 Å². The maximum Gasteiger partial charge on any atom is 0.207 e. The van der Waals surface area contributed by atoms with Crippen molar-refractivity contribution in [2.75, 3.05) is 7.11 Å². The molecule has 198 valence electrons. The molecule has 1 heterocycles. The highest BCUT2D eigenvalue weighted by molar-refractivity contribution is 5.51. The van der Waals surface area contributed by atoms with Gasteiger partial charge in [-0.15, -0.1) is 0 Å². The molecule has 2 aliphatic carbocycles. The average Bonchev–Trinajstić information content (AvgIpc) is 2.90. The highest BCUT2D eigenvalue weighted by Gasteiger charge is 2.32. The summed E-state index contributed by atoms with van der Waals surface area (Å²) in [4.78, 5) is 0. The van der Waals surface area contributed by atoms with Crippen molar-refractivity contribution in [1.82, 2.24) is 0 Å². The van der Waals surface area contributed by atoms with E-state index in [9.17, 15) is 13.2 Å². The lowest BCUT2D eigenvalue weighted by Crippen LogP contribution is -2.26. The van der Waals surface area contributed by atoms with E-state index in [1.54, 1.807) is 6.07 Å². The summed E-state index contributed by atoms with van der Waals surface area (Å²) >= 11 is 0. The summed E-state index contributed by atoms with van der Waals surface area (Å²) in [7, 11) is 1.28. The molecule has 3 aliphatic rings. The molecule has 0 spiro atoms. The average molecular weight is 503 g/mol. The van der Waals surface area contributed by atoms with E-state index in [0.717, 1.165) is 24.2 Å². The number of benzene rings is 1. The van der Waals surface area contributed by atoms with Crippen LogP contribution in [0.15, 0.2) is 42.1 Å².